The molecule has 0 saturated heterocycles. The molecule has 5 heteroatoms. The fourth-order valence-electron chi connectivity index (χ4n) is 9.36. The van der Waals surface area contributed by atoms with Crippen molar-refractivity contribution in [1.29, 1.82) is 0 Å². The van der Waals surface area contributed by atoms with Crippen LogP contribution in [0.4, 0.5) is 0 Å². The smallest absolute Gasteiger partial charge is 0.235 e. The van der Waals surface area contributed by atoms with E-state index in [0.717, 1.165) is 66.8 Å². The molecule has 0 aliphatic heterocycles. The van der Waals surface area contributed by atoms with E-state index in [4.69, 9.17) is 9.97 Å². The molecule has 0 fully saturated rings. The average molecular weight is 832 g/mol. The first-order chi connectivity index (χ1) is 31.6. The Kier molecular flexibility index (Phi) is 11.7. The lowest BCUT2D eigenvalue weighted by Gasteiger charge is -2.25. The molecule has 0 bridgehead atoms. The molecular formula is C59H53N5. The second kappa shape index (κ2) is 18.5. The topological polar surface area (TPSA) is 38.9 Å². The Bertz CT molecular complexity index is 3270. The number of hydrogen-bond acceptors (Lipinski definition) is 3. The number of aromatic nitrogens is 4. The number of hydrogen-bond donors (Lipinski definition) is 0. The minimum absolute atomic E-state index is 0.677. The van der Waals surface area contributed by atoms with Gasteiger partial charge in [0.2, 0.25) is 5.95 Å². The van der Waals surface area contributed by atoms with Crippen LogP contribution in [0.15, 0.2) is 212 Å². The highest BCUT2D eigenvalue weighted by Crippen LogP contribution is 2.38. The highest BCUT2D eigenvalue weighted by molar-refractivity contribution is 6.11. The molecule has 9 aromatic rings. The van der Waals surface area contributed by atoms with Crippen LogP contribution < -0.4 is 0 Å². The van der Waals surface area contributed by atoms with E-state index >= 15 is 0 Å². The zero-order valence-corrected chi connectivity index (χ0v) is 36.7. The van der Waals surface area contributed by atoms with Gasteiger partial charge in [0.1, 0.15) is 0 Å². The normalized spacial score (nSPS) is 13.5. The Balaban J connectivity index is 1.07. The van der Waals surface area contributed by atoms with Crippen molar-refractivity contribution >= 4 is 43.6 Å². The molecule has 10 rings (SSSR count). The van der Waals surface area contributed by atoms with Gasteiger partial charge >= 0.3 is 0 Å². The zero-order valence-electron chi connectivity index (χ0n) is 36.7. The molecule has 0 radical (unpaired) electrons. The third kappa shape index (κ3) is 8.25. The number of benzene rings is 6. The molecule has 5 nitrogen and oxygen atoms in total. The molecule has 3 aromatic heterocycles. The molecule has 0 N–H and O–H groups in total. The molecule has 0 spiro atoms. The number of rotatable bonds is 13. The summed E-state index contributed by atoms with van der Waals surface area (Å²) in [6, 6.07) is 54.7. The Morgan fingerprint density at radius 2 is 1.33 bits per heavy atom. The standard InChI is InChI=1S/C59H53N5/c1-3-4-5-6-17-28-48-41-53(44-24-15-10-16-25-44)61-59(60-48)64-56-32-21-19-30-50(56)52-39-46(34-36-57(52)64)47-33-35-51-49-29-18-20-31-55(49)63(58(51)40-47)38-37-54(45-26-13-7-8-14-27-45)62(2)42-43-22-11-9-12-23-43/h4-7,9-13,15-26,29-37,39-41H,3,8,14,27-28,38,42H2,1-2H3/b5-4-,17-6-,54-37-. The van der Waals surface area contributed by atoms with Crippen molar-refractivity contribution in [1.82, 2.24) is 24.0 Å². The fraction of sp³-hybridized carbons (Fsp3) is 0.153. The van der Waals surface area contributed by atoms with Crippen LogP contribution in [0, 0.1) is 0 Å². The van der Waals surface area contributed by atoms with Gasteiger partial charge in [0.05, 0.1) is 27.9 Å². The highest BCUT2D eigenvalue weighted by Gasteiger charge is 2.19. The van der Waals surface area contributed by atoms with Crippen LogP contribution in [0.3, 0.4) is 0 Å². The molecule has 314 valence electrons. The van der Waals surface area contributed by atoms with Crippen molar-refractivity contribution in [2.24, 2.45) is 0 Å². The predicted molar refractivity (Wildman–Crippen MR) is 270 cm³/mol. The van der Waals surface area contributed by atoms with Crippen LogP contribution in [-0.4, -0.2) is 31.0 Å². The third-order valence-corrected chi connectivity index (χ3v) is 12.5. The molecule has 1 aliphatic rings. The maximum absolute atomic E-state index is 5.24. The molecule has 64 heavy (non-hydrogen) atoms. The minimum Gasteiger partial charge on any atom is -0.370 e. The van der Waals surface area contributed by atoms with Crippen molar-refractivity contribution < 1.29 is 0 Å². The van der Waals surface area contributed by atoms with Gasteiger partial charge in [0, 0.05) is 64.9 Å². The zero-order chi connectivity index (χ0) is 43.2. The van der Waals surface area contributed by atoms with Crippen LogP contribution in [0.1, 0.15) is 43.9 Å². The summed E-state index contributed by atoms with van der Waals surface area (Å²) < 4.78 is 4.75. The quantitative estimate of drug-likeness (QED) is 0.109. The van der Waals surface area contributed by atoms with Crippen LogP contribution >= 0.6 is 0 Å². The van der Waals surface area contributed by atoms with Gasteiger partial charge < -0.3 is 9.47 Å². The summed E-state index contributed by atoms with van der Waals surface area (Å²) in [7, 11) is 2.24. The summed E-state index contributed by atoms with van der Waals surface area (Å²) in [6.45, 7) is 3.76. The van der Waals surface area contributed by atoms with E-state index in [0.29, 0.717) is 12.4 Å². The van der Waals surface area contributed by atoms with Crippen LogP contribution in [0.5, 0.6) is 0 Å². The van der Waals surface area contributed by atoms with E-state index < -0.39 is 0 Å². The minimum atomic E-state index is 0.677. The number of allylic oxidation sites excluding steroid dienone is 9. The van der Waals surface area contributed by atoms with Gasteiger partial charge in [0.15, 0.2) is 0 Å². The van der Waals surface area contributed by atoms with E-state index in [1.54, 1.807) is 0 Å². The van der Waals surface area contributed by atoms with Crippen molar-refractivity contribution in [3.8, 4) is 28.3 Å². The van der Waals surface area contributed by atoms with Crippen LogP contribution in [0.2, 0.25) is 0 Å². The van der Waals surface area contributed by atoms with Gasteiger partial charge in [0.25, 0.3) is 0 Å². The lowest BCUT2D eigenvalue weighted by atomic mass is 10.0. The van der Waals surface area contributed by atoms with Crippen LogP contribution in [-0.2, 0) is 19.5 Å². The summed E-state index contributed by atoms with van der Waals surface area (Å²) in [6.07, 6.45) is 22.9. The summed E-state index contributed by atoms with van der Waals surface area (Å²) in [4.78, 5) is 12.9. The summed E-state index contributed by atoms with van der Waals surface area (Å²) >= 11 is 0. The fourth-order valence-corrected chi connectivity index (χ4v) is 9.36. The first-order valence-corrected chi connectivity index (χ1v) is 22.7. The van der Waals surface area contributed by atoms with Gasteiger partial charge in [-0.15, -0.1) is 0 Å². The Morgan fingerprint density at radius 1 is 0.641 bits per heavy atom. The van der Waals surface area contributed by atoms with Gasteiger partial charge in [-0.3, -0.25) is 4.57 Å². The molecule has 6 aromatic carbocycles. The first-order valence-electron chi connectivity index (χ1n) is 22.7. The van der Waals surface area contributed by atoms with Gasteiger partial charge in [-0.2, -0.15) is 0 Å². The summed E-state index contributed by atoms with van der Waals surface area (Å²) in [5, 5.41) is 4.89. The van der Waals surface area contributed by atoms with E-state index in [2.05, 4.69) is 222 Å². The maximum atomic E-state index is 5.24. The van der Waals surface area contributed by atoms with E-state index in [1.165, 1.54) is 60.5 Å². The Morgan fingerprint density at radius 3 is 2.16 bits per heavy atom. The molecule has 0 saturated carbocycles. The lowest BCUT2D eigenvalue weighted by Crippen LogP contribution is -2.19. The van der Waals surface area contributed by atoms with Crippen molar-refractivity contribution in [3.05, 3.63) is 223 Å². The first kappa shape index (κ1) is 40.6. The van der Waals surface area contributed by atoms with E-state index in [1.807, 2.05) is 6.07 Å². The molecular weight excluding hydrogens is 779 g/mol. The average Bonchev–Trinajstić information content (AvgIpc) is 3.69. The second-order valence-electron chi connectivity index (χ2n) is 16.8. The van der Waals surface area contributed by atoms with Crippen LogP contribution in [0.25, 0.3) is 71.9 Å². The molecule has 0 atom stereocenters. The van der Waals surface area contributed by atoms with E-state index in [-0.39, 0.29) is 0 Å². The summed E-state index contributed by atoms with van der Waals surface area (Å²) in [5.74, 6) is 0.677. The Hall–Kier alpha value is -7.50. The second-order valence-corrected chi connectivity index (χ2v) is 16.8. The number of likely N-dealkylation sites (N-methyl/N-ethyl adjacent to an activating group) is 1. The number of fused-ring (bicyclic) bond motifs is 6. The molecule has 0 amide bonds. The third-order valence-electron chi connectivity index (χ3n) is 12.5. The highest BCUT2D eigenvalue weighted by atomic mass is 15.2. The molecule has 0 unspecified atom stereocenters. The van der Waals surface area contributed by atoms with Crippen molar-refractivity contribution in [2.75, 3.05) is 7.05 Å². The predicted octanol–water partition coefficient (Wildman–Crippen LogP) is 14.8. The largest absolute Gasteiger partial charge is 0.370 e. The van der Waals surface area contributed by atoms with Gasteiger partial charge in [-0.05, 0) is 90.4 Å². The van der Waals surface area contributed by atoms with Gasteiger partial charge in [-0.1, -0.05) is 165 Å². The van der Waals surface area contributed by atoms with Crippen molar-refractivity contribution in [2.45, 2.75) is 52.1 Å². The SMILES string of the molecule is CC/C=C\C=C/Cc1cc(-c2ccccc2)nc(-n2c3ccccc3c3cc(-c4ccc5c6ccccc6n(C/C=C(/C6=CC=CCCC6)N(C)Cc6ccccc6)c5c4)ccc32)n1. The maximum Gasteiger partial charge on any atom is 0.235 e. The lowest BCUT2D eigenvalue weighted by molar-refractivity contribution is 0.412. The monoisotopic (exact) mass is 831 g/mol. The van der Waals surface area contributed by atoms with E-state index in [9.17, 15) is 0 Å². The van der Waals surface area contributed by atoms with Crippen molar-refractivity contribution in [3.63, 3.8) is 0 Å². The summed E-state index contributed by atoms with van der Waals surface area (Å²) in [5.41, 5.74) is 14.0. The molecule has 1 aliphatic carbocycles. The number of nitrogens with zero attached hydrogens (tertiary/aromatic N) is 5. The Labute approximate surface area is 376 Å². The van der Waals surface area contributed by atoms with Gasteiger partial charge in [-0.25, -0.2) is 9.97 Å². The molecule has 3 heterocycles. The number of para-hydroxylation sites is 2.